The highest BCUT2D eigenvalue weighted by Crippen LogP contribution is 2.54. The van der Waals surface area contributed by atoms with Gasteiger partial charge in [0.25, 0.3) is 0 Å². The van der Waals surface area contributed by atoms with Crippen LogP contribution in [0.5, 0.6) is 0 Å². The largest absolute Gasteiger partial charge is 0.110 e. The fourth-order valence-electron chi connectivity index (χ4n) is 2.15. The average molecular weight is 205 g/mol. The predicted molar refractivity (Wildman–Crippen MR) is 50.4 cm³/mol. The Morgan fingerprint density at radius 3 is 2.73 bits per heavy atom. The normalized spacial score (nSPS) is 40.8. The molecule has 0 saturated heterocycles. The van der Waals surface area contributed by atoms with Crippen molar-refractivity contribution in [3.05, 3.63) is 12.2 Å². The van der Waals surface area contributed by atoms with Crippen LogP contribution in [0.25, 0.3) is 0 Å². The van der Waals surface area contributed by atoms with Gasteiger partial charge in [-0.1, -0.05) is 12.2 Å². The lowest BCUT2D eigenvalue weighted by atomic mass is 10.1. The predicted octanol–water partition coefficient (Wildman–Crippen LogP) is 2.98. The van der Waals surface area contributed by atoms with E-state index >= 15 is 0 Å². The van der Waals surface area contributed by atoms with Crippen LogP contribution in [0.15, 0.2) is 12.2 Å². The summed E-state index contributed by atoms with van der Waals surface area (Å²) in [6.45, 7) is 0. The van der Waals surface area contributed by atoms with Crippen molar-refractivity contribution < 1.29 is 0 Å². The minimum absolute atomic E-state index is 0.156. The van der Waals surface area contributed by atoms with E-state index in [0.717, 1.165) is 5.92 Å². The van der Waals surface area contributed by atoms with E-state index < -0.39 is 0 Å². The molecule has 0 nitrogen and oxygen atoms in total. The zero-order chi connectivity index (χ0) is 7.90. The second-order valence-corrected chi connectivity index (χ2v) is 7.15. The summed E-state index contributed by atoms with van der Waals surface area (Å²) in [6, 6.07) is 0. The van der Waals surface area contributed by atoms with Crippen molar-refractivity contribution in [1.29, 1.82) is 0 Å². The molecule has 0 spiro atoms. The molecule has 1 fully saturated rings. The van der Waals surface area contributed by atoms with Crippen molar-refractivity contribution in [2.45, 2.75) is 28.8 Å². The highest BCUT2D eigenvalue weighted by molar-refractivity contribution is 6.70. The molecular weight excluding hydrogens is 195 g/mol. The van der Waals surface area contributed by atoms with Gasteiger partial charge in [0, 0.05) is 0 Å². The van der Waals surface area contributed by atoms with Crippen molar-refractivity contribution >= 4 is 32.7 Å². The van der Waals surface area contributed by atoms with Gasteiger partial charge in [-0.15, -0.1) is 23.2 Å². The summed E-state index contributed by atoms with van der Waals surface area (Å²) in [5.41, 5.74) is 0. The van der Waals surface area contributed by atoms with Gasteiger partial charge in [0.15, 0.2) is 0 Å². The summed E-state index contributed by atoms with van der Waals surface area (Å²) in [4.78, 5) is 0. The quantitative estimate of drug-likeness (QED) is 0.369. The van der Waals surface area contributed by atoms with E-state index in [2.05, 4.69) is 12.2 Å². The number of rotatable bonds is 2. The fourth-order valence-corrected chi connectivity index (χ4v) is 4.75. The number of hydrogen-bond acceptors (Lipinski definition) is 0. The number of halogens is 2. The van der Waals surface area contributed by atoms with Gasteiger partial charge in [0.1, 0.15) is 0 Å². The standard InChI is InChI=1S/C8H10Cl2Si/c9-7(10)11-8-3-1-6(5-8)2-4-8/h1,3,6-7H,2,4-5H2. The molecule has 0 aliphatic heterocycles. The number of fused-ring (bicyclic) bond motifs is 2. The minimum atomic E-state index is -0.156. The first-order valence-corrected chi connectivity index (χ1v) is 5.90. The molecule has 0 aromatic heterocycles. The summed E-state index contributed by atoms with van der Waals surface area (Å²) in [5.74, 6) is 0.842. The van der Waals surface area contributed by atoms with Crippen LogP contribution in [-0.2, 0) is 0 Å². The van der Waals surface area contributed by atoms with Gasteiger partial charge in [-0.05, 0) is 30.2 Å². The third kappa shape index (κ3) is 1.51. The lowest BCUT2D eigenvalue weighted by Crippen LogP contribution is -2.19. The summed E-state index contributed by atoms with van der Waals surface area (Å²) < 4.78 is -0.156. The molecule has 2 rings (SSSR count). The highest BCUT2D eigenvalue weighted by Gasteiger charge is 2.41. The van der Waals surface area contributed by atoms with E-state index in [4.69, 9.17) is 23.2 Å². The molecule has 0 heterocycles. The van der Waals surface area contributed by atoms with E-state index in [9.17, 15) is 0 Å². The van der Waals surface area contributed by atoms with Crippen LogP contribution >= 0.6 is 23.2 Å². The van der Waals surface area contributed by atoms with Crippen LogP contribution in [0.2, 0.25) is 5.04 Å². The molecule has 2 bridgehead atoms. The zero-order valence-electron chi connectivity index (χ0n) is 6.19. The zero-order valence-corrected chi connectivity index (χ0v) is 8.70. The van der Waals surface area contributed by atoms with Gasteiger partial charge in [-0.2, -0.15) is 0 Å². The molecule has 2 atom stereocenters. The van der Waals surface area contributed by atoms with Crippen molar-refractivity contribution in [3.8, 4) is 0 Å². The maximum atomic E-state index is 5.79. The minimum Gasteiger partial charge on any atom is -0.110 e. The molecule has 1 saturated carbocycles. The van der Waals surface area contributed by atoms with Gasteiger partial charge in [0.2, 0.25) is 0 Å². The summed E-state index contributed by atoms with van der Waals surface area (Å²) in [5, 5.41) is 0.416. The molecule has 2 aliphatic carbocycles. The molecular formula is C8H10Cl2Si. The second kappa shape index (κ2) is 2.79. The number of hydrogen-bond donors (Lipinski definition) is 0. The van der Waals surface area contributed by atoms with E-state index in [1.54, 1.807) is 0 Å². The molecule has 3 heteroatoms. The first-order chi connectivity index (χ1) is 5.20. The maximum absolute atomic E-state index is 5.79. The smallest absolute Gasteiger partial charge is 0.0955 e. The van der Waals surface area contributed by atoms with Gasteiger partial charge in [-0.3, -0.25) is 0 Å². The Kier molecular flexibility index (Phi) is 2.07. The second-order valence-electron chi connectivity index (χ2n) is 3.46. The van der Waals surface area contributed by atoms with Gasteiger partial charge in [-0.25, -0.2) is 0 Å². The molecule has 0 aromatic carbocycles. The highest BCUT2D eigenvalue weighted by atomic mass is 35.5. The third-order valence-corrected chi connectivity index (χ3v) is 4.74. The van der Waals surface area contributed by atoms with Crippen LogP contribution < -0.4 is 0 Å². The summed E-state index contributed by atoms with van der Waals surface area (Å²) in [6.07, 6.45) is 8.65. The van der Waals surface area contributed by atoms with Gasteiger partial charge >= 0.3 is 0 Å². The van der Waals surface area contributed by atoms with Crippen molar-refractivity contribution in [1.82, 2.24) is 0 Å². The maximum Gasteiger partial charge on any atom is 0.0955 e. The first kappa shape index (κ1) is 8.15. The Balaban J connectivity index is 2.06. The Morgan fingerprint density at radius 2 is 2.36 bits per heavy atom. The molecule has 2 aliphatic rings. The Bertz CT molecular complexity index is 191. The average Bonchev–Trinajstić information content (AvgIpc) is 2.43. The van der Waals surface area contributed by atoms with Crippen LogP contribution in [0, 0.1) is 5.92 Å². The molecule has 2 radical (unpaired) electrons. The van der Waals surface area contributed by atoms with Gasteiger partial charge in [0.05, 0.1) is 14.0 Å². The van der Waals surface area contributed by atoms with Crippen LogP contribution in [0.4, 0.5) is 0 Å². The van der Waals surface area contributed by atoms with E-state index in [1.165, 1.54) is 19.3 Å². The molecule has 0 N–H and O–H groups in total. The topological polar surface area (TPSA) is 0 Å². The Labute approximate surface area is 79.8 Å². The summed E-state index contributed by atoms with van der Waals surface area (Å²) in [7, 11) is 0.698. The fraction of sp³-hybridized carbons (Fsp3) is 0.750. The van der Waals surface area contributed by atoms with Crippen molar-refractivity contribution in [3.63, 3.8) is 0 Å². The number of alkyl halides is 2. The van der Waals surface area contributed by atoms with Crippen LogP contribution in [0.3, 0.4) is 0 Å². The SMILES string of the molecule is ClC(Cl)[Si]C12C=CC(CC1)C2. The lowest BCUT2D eigenvalue weighted by molar-refractivity contribution is 0.697. The lowest BCUT2D eigenvalue weighted by Gasteiger charge is -2.22. The van der Waals surface area contributed by atoms with Gasteiger partial charge < -0.3 is 0 Å². The molecule has 60 valence electrons. The monoisotopic (exact) mass is 204 g/mol. The van der Waals surface area contributed by atoms with Crippen LogP contribution in [-0.4, -0.2) is 14.0 Å². The summed E-state index contributed by atoms with van der Waals surface area (Å²) >= 11 is 11.6. The Morgan fingerprint density at radius 1 is 1.55 bits per heavy atom. The van der Waals surface area contributed by atoms with Crippen molar-refractivity contribution in [2.24, 2.45) is 5.92 Å². The van der Waals surface area contributed by atoms with E-state index in [-0.39, 0.29) is 4.46 Å². The Hall–Kier alpha value is 0.537. The molecule has 2 unspecified atom stereocenters. The number of allylic oxidation sites excluding steroid dienone is 2. The van der Waals surface area contributed by atoms with Crippen LogP contribution in [0.1, 0.15) is 19.3 Å². The third-order valence-electron chi connectivity index (χ3n) is 2.67. The molecule has 0 amide bonds. The molecule has 0 aromatic rings. The van der Waals surface area contributed by atoms with Crippen molar-refractivity contribution in [2.75, 3.05) is 0 Å². The molecule has 11 heavy (non-hydrogen) atoms. The van der Waals surface area contributed by atoms with E-state index in [1.807, 2.05) is 0 Å². The first-order valence-electron chi connectivity index (χ1n) is 3.95. The van der Waals surface area contributed by atoms with E-state index in [0.29, 0.717) is 14.6 Å².